The molecule has 124 valence electrons. The van der Waals surface area contributed by atoms with Gasteiger partial charge in [-0.15, -0.1) is 5.11 Å². The van der Waals surface area contributed by atoms with Crippen LogP contribution in [0.1, 0.15) is 37.6 Å². The van der Waals surface area contributed by atoms with Crippen LogP contribution >= 0.6 is 0 Å². The third-order valence-electron chi connectivity index (χ3n) is 2.62. The first-order chi connectivity index (χ1) is 11.0. The van der Waals surface area contributed by atoms with Gasteiger partial charge in [-0.2, -0.15) is 5.11 Å². The molecule has 0 aromatic heterocycles. The fraction of sp³-hybridized carbons (Fsp3) is 0.375. The van der Waals surface area contributed by atoms with Gasteiger partial charge in [0.2, 0.25) is 5.70 Å². The zero-order valence-electron chi connectivity index (χ0n) is 13.4. The molecule has 7 heteroatoms. The molecule has 0 bridgehead atoms. The normalized spacial score (nSPS) is 12.0. The zero-order chi connectivity index (χ0) is 17.2. The molecule has 0 saturated heterocycles. The molecule has 0 radical (unpaired) electrons. The van der Waals surface area contributed by atoms with Crippen LogP contribution in [0.5, 0.6) is 0 Å². The van der Waals surface area contributed by atoms with E-state index >= 15 is 0 Å². The highest BCUT2D eigenvalue weighted by atomic mass is 16.5. The molecule has 23 heavy (non-hydrogen) atoms. The maximum Gasteiger partial charge on any atom is 0.362 e. The van der Waals surface area contributed by atoms with Gasteiger partial charge in [0.25, 0.3) is 0 Å². The summed E-state index contributed by atoms with van der Waals surface area (Å²) in [6.45, 7) is 5.41. The first kappa shape index (κ1) is 18.3. The molecule has 0 unspecified atom stereocenters. The molecule has 1 rings (SSSR count). The van der Waals surface area contributed by atoms with Gasteiger partial charge in [-0.1, -0.05) is 6.92 Å². The van der Waals surface area contributed by atoms with Crippen molar-refractivity contribution in [2.75, 3.05) is 13.2 Å². The number of nitrogens with zero attached hydrogens (tertiary/aromatic N) is 2. The molecule has 0 aliphatic heterocycles. The topological polar surface area (TPSA) is 97.6 Å². The molecule has 0 amide bonds. The van der Waals surface area contributed by atoms with Crippen LogP contribution in [0.3, 0.4) is 0 Å². The second-order valence-electron chi connectivity index (χ2n) is 4.54. The predicted octanol–water partition coefficient (Wildman–Crippen LogP) is 3.69. The number of hydrogen-bond acceptors (Lipinski definition) is 7. The summed E-state index contributed by atoms with van der Waals surface area (Å²) in [4.78, 5) is 23.2. The van der Waals surface area contributed by atoms with Crippen LogP contribution < -0.4 is 0 Å². The lowest BCUT2D eigenvalue weighted by Gasteiger charge is -2.03. The molecular weight excluding hydrogens is 300 g/mol. The SMILES string of the molecule is CCCOC(=O)c1ccc(N=N/C(C(=O)OCC)=C(\C)O)cc1. The zero-order valence-corrected chi connectivity index (χ0v) is 13.4. The summed E-state index contributed by atoms with van der Waals surface area (Å²) in [7, 11) is 0. The van der Waals surface area contributed by atoms with Crippen LogP contribution in [-0.2, 0) is 14.3 Å². The van der Waals surface area contributed by atoms with Gasteiger partial charge < -0.3 is 14.6 Å². The number of benzene rings is 1. The summed E-state index contributed by atoms with van der Waals surface area (Å²) in [5.41, 5.74) is 0.551. The third-order valence-corrected chi connectivity index (χ3v) is 2.62. The molecule has 0 spiro atoms. The van der Waals surface area contributed by atoms with Crippen molar-refractivity contribution in [3.63, 3.8) is 0 Å². The maximum atomic E-state index is 11.7. The van der Waals surface area contributed by atoms with Gasteiger partial charge in [-0.25, -0.2) is 9.59 Å². The van der Waals surface area contributed by atoms with Crippen molar-refractivity contribution >= 4 is 17.6 Å². The largest absolute Gasteiger partial charge is 0.510 e. The van der Waals surface area contributed by atoms with Crippen LogP contribution in [0.4, 0.5) is 5.69 Å². The Balaban J connectivity index is 2.82. The van der Waals surface area contributed by atoms with E-state index in [9.17, 15) is 14.7 Å². The number of carbonyl (C=O) groups excluding carboxylic acids is 2. The van der Waals surface area contributed by atoms with Gasteiger partial charge >= 0.3 is 11.9 Å². The number of aliphatic hydroxyl groups is 1. The second-order valence-corrected chi connectivity index (χ2v) is 4.54. The molecule has 0 saturated carbocycles. The first-order valence-corrected chi connectivity index (χ1v) is 7.25. The number of aliphatic hydroxyl groups excluding tert-OH is 1. The first-order valence-electron chi connectivity index (χ1n) is 7.25. The summed E-state index contributed by atoms with van der Waals surface area (Å²) >= 11 is 0. The average Bonchev–Trinajstić information content (AvgIpc) is 2.53. The molecular formula is C16H20N2O5. The fourth-order valence-electron chi connectivity index (χ4n) is 1.51. The standard InChI is InChI=1S/C16H20N2O5/c1-4-10-23-15(20)12-6-8-13(9-7-12)17-18-14(11(3)19)16(21)22-5-2/h6-9,19H,4-5,10H2,1-3H3/b14-11+,18-17?. The van der Waals surface area contributed by atoms with E-state index in [1.54, 1.807) is 31.2 Å². The van der Waals surface area contributed by atoms with Crippen LogP contribution in [0.2, 0.25) is 0 Å². The molecule has 1 aromatic carbocycles. The van der Waals surface area contributed by atoms with E-state index in [2.05, 4.69) is 10.2 Å². The highest BCUT2D eigenvalue weighted by molar-refractivity contribution is 5.90. The number of ether oxygens (including phenoxy) is 2. The smallest absolute Gasteiger partial charge is 0.362 e. The minimum absolute atomic E-state index is 0.166. The summed E-state index contributed by atoms with van der Waals surface area (Å²) in [5.74, 6) is -1.45. The highest BCUT2D eigenvalue weighted by Gasteiger charge is 2.14. The molecule has 0 aliphatic carbocycles. The Morgan fingerprint density at radius 3 is 2.30 bits per heavy atom. The molecule has 1 N–H and O–H groups in total. The number of azo groups is 1. The van der Waals surface area contributed by atoms with Crippen LogP contribution in [0.25, 0.3) is 0 Å². The van der Waals surface area contributed by atoms with Crippen molar-refractivity contribution in [1.82, 2.24) is 0 Å². The van der Waals surface area contributed by atoms with Gasteiger partial charge in [0.1, 0.15) is 5.76 Å². The third kappa shape index (κ3) is 5.90. The van der Waals surface area contributed by atoms with Gasteiger partial charge in [-0.05, 0) is 44.5 Å². The van der Waals surface area contributed by atoms with Crippen molar-refractivity contribution < 1.29 is 24.2 Å². The predicted molar refractivity (Wildman–Crippen MR) is 83.5 cm³/mol. The summed E-state index contributed by atoms with van der Waals surface area (Å²) < 4.78 is 9.78. The van der Waals surface area contributed by atoms with E-state index in [1.807, 2.05) is 6.92 Å². The Labute approximate surface area is 134 Å². The van der Waals surface area contributed by atoms with Gasteiger partial charge in [0, 0.05) is 0 Å². The van der Waals surface area contributed by atoms with E-state index in [4.69, 9.17) is 9.47 Å². The Hall–Kier alpha value is -2.70. The number of hydrogen-bond donors (Lipinski definition) is 1. The Bertz CT molecular complexity index is 601. The van der Waals surface area contributed by atoms with Crippen molar-refractivity contribution in [2.45, 2.75) is 27.2 Å². The van der Waals surface area contributed by atoms with E-state index in [0.29, 0.717) is 17.9 Å². The fourth-order valence-corrected chi connectivity index (χ4v) is 1.51. The van der Waals surface area contributed by atoms with E-state index in [-0.39, 0.29) is 18.1 Å². The Morgan fingerprint density at radius 2 is 1.78 bits per heavy atom. The lowest BCUT2D eigenvalue weighted by Crippen LogP contribution is -2.07. The molecule has 0 aliphatic rings. The van der Waals surface area contributed by atoms with Crippen molar-refractivity contribution in [3.05, 3.63) is 41.3 Å². The minimum atomic E-state index is -0.754. The summed E-state index contributed by atoms with van der Waals surface area (Å²) in [6.07, 6.45) is 0.752. The summed E-state index contributed by atoms with van der Waals surface area (Å²) in [6, 6.07) is 6.21. The number of rotatable bonds is 7. The number of esters is 2. The maximum absolute atomic E-state index is 11.7. The highest BCUT2D eigenvalue weighted by Crippen LogP contribution is 2.17. The van der Waals surface area contributed by atoms with E-state index in [0.717, 1.165) is 6.42 Å². The lowest BCUT2D eigenvalue weighted by molar-refractivity contribution is -0.138. The van der Waals surface area contributed by atoms with E-state index in [1.165, 1.54) is 6.92 Å². The quantitative estimate of drug-likeness (QED) is 0.357. The lowest BCUT2D eigenvalue weighted by atomic mass is 10.2. The van der Waals surface area contributed by atoms with Crippen molar-refractivity contribution in [2.24, 2.45) is 10.2 Å². The Kier molecular flexibility index (Phi) is 7.45. The monoisotopic (exact) mass is 320 g/mol. The van der Waals surface area contributed by atoms with E-state index < -0.39 is 11.9 Å². The van der Waals surface area contributed by atoms with Gasteiger partial charge in [0.05, 0.1) is 24.5 Å². The number of allylic oxidation sites excluding steroid dienone is 1. The van der Waals surface area contributed by atoms with Crippen LogP contribution in [0, 0.1) is 0 Å². The molecule has 1 aromatic rings. The second kappa shape index (κ2) is 9.34. The summed E-state index contributed by atoms with van der Waals surface area (Å²) in [5, 5.41) is 17.0. The molecule has 7 nitrogen and oxygen atoms in total. The molecule has 0 atom stereocenters. The van der Waals surface area contributed by atoms with Crippen LogP contribution in [0.15, 0.2) is 46.0 Å². The van der Waals surface area contributed by atoms with Gasteiger partial charge in [0.15, 0.2) is 0 Å². The average molecular weight is 320 g/mol. The molecule has 0 fully saturated rings. The van der Waals surface area contributed by atoms with Crippen LogP contribution in [-0.4, -0.2) is 30.3 Å². The Morgan fingerprint density at radius 1 is 1.13 bits per heavy atom. The minimum Gasteiger partial charge on any atom is -0.510 e. The molecule has 0 heterocycles. The van der Waals surface area contributed by atoms with Crippen molar-refractivity contribution in [3.8, 4) is 0 Å². The van der Waals surface area contributed by atoms with Gasteiger partial charge in [-0.3, -0.25) is 0 Å². The van der Waals surface area contributed by atoms with Crippen molar-refractivity contribution in [1.29, 1.82) is 0 Å². The number of carbonyl (C=O) groups is 2.